The summed E-state index contributed by atoms with van der Waals surface area (Å²) in [7, 11) is 0. The van der Waals surface area contributed by atoms with Crippen molar-refractivity contribution in [2.24, 2.45) is 5.73 Å². The average molecular weight is 251 g/mol. The standard InChI is InChI=1S/C17H17NO/c18-12-4-7-15-8-10-17(11-9-15)14-19-13-16-5-2-1-3-6-16/h1-3,5-6,8-11H,12-14,18H2. The monoisotopic (exact) mass is 251 g/mol. The average Bonchev–Trinajstić information content (AvgIpc) is 2.47. The van der Waals surface area contributed by atoms with Crippen LogP contribution in [0.15, 0.2) is 54.6 Å². The fraction of sp³-hybridized carbons (Fsp3) is 0.176. The lowest BCUT2D eigenvalue weighted by atomic mass is 10.1. The molecule has 0 aliphatic carbocycles. The van der Waals surface area contributed by atoms with Gasteiger partial charge in [0.15, 0.2) is 0 Å². The smallest absolute Gasteiger partial charge is 0.0721 e. The number of hydrogen-bond donors (Lipinski definition) is 1. The summed E-state index contributed by atoms with van der Waals surface area (Å²) in [5.74, 6) is 5.83. The summed E-state index contributed by atoms with van der Waals surface area (Å²) in [6, 6.07) is 18.2. The molecule has 0 spiro atoms. The molecular formula is C17H17NO. The van der Waals surface area contributed by atoms with Crippen LogP contribution in [-0.4, -0.2) is 6.54 Å². The third-order valence-corrected chi connectivity index (χ3v) is 2.67. The lowest BCUT2D eigenvalue weighted by Crippen LogP contribution is -1.94. The molecule has 0 aromatic heterocycles. The van der Waals surface area contributed by atoms with Gasteiger partial charge < -0.3 is 10.5 Å². The molecule has 0 heterocycles. The van der Waals surface area contributed by atoms with E-state index in [0.29, 0.717) is 19.8 Å². The Kier molecular flexibility index (Phi) is 5.18. The highest BCUT2D eigenvalue weighted by Crippen LogP contribution is 2.07. The number of benzene rings is 2. The van der Waals surface area contributed by atoms with E-state index in [1.54, 1.807) is 0 Å². The molecule has 2 rings (SSSR count). The number of rotatable bonds is 4. The quantitative estimate of drug-likeness (QED) is 0.848. The van der Waals surface area contributed by atoms with Gasteiger partial charge in [0.25, 0.3) is 0 Å². The van der Waals surface area contributed by atoms with Crippen LogP contribution in [0.25, 0.3) is 0 Å². The molecule has 2 aromatic carbocycles. The molecule has 2 nitrogen and oxygen atoms in total. The van der Waals surface area contributed by atoms with Gasteiger partial charge >= 0.3 is 0 Å². The van der Waals surface area contributed by atoms with Gasteiger partial charge in [0, 0.05) is 5.56 Å². The molecule has 2 heteroatoms. The van der Waals surface area contributed by atoms with Crippen molar-refractivity contribution >= 4 is 0 Å². The summed E-state index contributed by atoms with van der Waals surface area (Å²) in [6.45, 7) is 1.64. The zero-order valence-electron chi connectivity index (χ0n) is 10.8. The first kappa shape index (κ1) is 13.4. The second-order valence-corrected chi connectivity index (χ2v) is 4.18. The fourth-order valence-electron chi connectivity index (χ4n) is 1.70. The molecule has 0 fully saturated rings. The lowest BCUT2D eigenvalue weighted by Gasteiger charge is -2.04. The van der Waals surface area contributed by atoms with Crippen molar-refractivity contribution in [2.45, 2.75) is 13.2 Å². The summed E-state index contributed by atoms with van der Waals surface area (Å²) < 4.78 is 5.67. The number of nitrogens with two attached hydrogens (primary N) is 1. The molecule has 0 aliphatic heterocycles. The summed E-state index contributed by atoms with van der Waals surface area (Å²) in [5, 5.41) is 0. The van der Waals surface area contributed by atoms with Crippen molar-refractivity contribution in [2.75, 3.05) is 6.54 Å². The molecule has 0 amide bonds. The van der Waals surface area contributed by atoms with Crippen LogP contribution in [0.3, 0.4) is 0 Å². The molecule has 0 atom stereocenters. The Bertz CT molecular complexity index is 549. The predicted octanol–water partition coefficient (Wildman–Crippen LogP) is 2.71. The normalized spacial score (nSPS) is 9.74. The maximum absolute atomic E-state index is 5.67. The zero-order valence-corrected chi connectivity index (χ0v) is 10.8. The number of ether oxygens (including phenoxy) is 1. The highest BCUT2D eigenvalue weighted by molar-refractivity contribution is 5.36. The third-order valence-electron chi connectivity index (χ3n) is 2.67. The maximum atomic E-state index is 5.67. The minimum Gasteiger partial charge on any atom is -0.372 e. The van der Waals surface area contributed by atoms with Gasteiger partial charge in [-0.05, 0) is 23.3 Å². The van der Waals surface area contributed by atoms with Crippen molar-refractivity contribution in [3.8, 4) is 11.8 Å². The Labute approximate surface area is 114 Å². The van der Waals surface area contributed by atoms with Crippen LogP contribution in [0.1, 0.15) is 16.7 Å². The first-order valence-corrected chi connectivity index (χ1v) is 6.28. The van der Waals surface area contributed by atoms with E-state index in [1.807, 2.05) is 42.5 Å². The molecule has 2 aromatic rings. The van der Waals surface area contributed by atoms with Gasteiger partial charge in [-0.1, -0.05) is 54.3 Å². The molecule has 0 aliphatic rings. The van der Waals surface area contributed by atoms with Crippen LogP contribution < -0.4 is 5.73 Å². The molecule has 96 valence electrons. The molecule has 0 bridgehead atoms. The van der Waals surface area contributed by atoms with Crippen LogP contribution in [0.2, 0.25) is 0 Å². The molecule has 0 radical (unpaired) electrons. The minimum atomic E-state index is 0.391. The van der Waals surface area contributed by atoms with Crippen molar-refractivity contribution in [1.82, 2.24) is 0 Å². The minimum absolute atomic E-state index is 0.391. The van der Waals surface area contributed by atoms with Gasteiger partial charge in [-0.25, -0.2) is 0 Å². The molecule has 0 saturated heterocycles. The van der Waals surface area contributed by atoms with E-state index in [-0.39, 0.29) is 0 Å². The molecule has 0 saturated carbocycles. The molecule has 0 unspecified atom stereocenters. The molecule has 2 N–H and O–H groups in total. The summed E-state index contributed by atoms with van der Waals surface area (Å²) in [5.41, 5.74) is 8.65. The van der Waals surface area contributed by atoms with Crippen molar-refractivity contribution in [3.63, 3.8) is 0 Å². The Morgan fingerprint density at radius 3 is 2.11 bits per heavy atom. The van der Waals surface area contributed by atoms with Gasteiger partial charge in [-0.15, -0.1) is 0 Å². The lowest BCUT2D eigenvalue weighted by molar-refractivity contribution is 0.107. The van der Waals surface area contributed by atoms with Gasteiger partial charge in [0.1, 0.15) is 0 Å². The van der Waals surface area contributed by atoms with E-state index in [9.17, 15) is 0 Å². The van der Waals surface area contributed by atoms with Crippen LogP contribution >= 0.6 is 0 Å². The van der Waals surface area contributed by atoms with E-state index in [2.05, 4.69) is 24.0 Å². The van der Waals surface area contributed by atoms with E-state index in [1.165, 1.54) is 5.56 Å². The van der Waals surface area contributed by atoms with Crippen molar-refractivity contribution < 1.29 is 4.74 Å². The Morgan fingerprint density at radius 2 is 1.47 bits per heavy atom. The molecule has 19 heavy (non-hydrogen) atoms. The van der Waals surface area contributed by atoms with Gasteiger partial charge in [-0.3, -0.25) is 0 Å². The first-order chi connectivity index (χ1) is 9.38. The van der Waals surface area contributed by atoms with E-state index in [0.717, 1.165) is 11.1 Å². The van der Waals surface area contributed by atoms with Crippen molar-refractivity contribution in [3.05, 3.63) is 71.3 Å². The van der Waals surface area contributed by atoms with Crippen LogP contribution in [-0.2, 0) is 18.0 Å². The van der Waals surface area contributed by atoms with E-state index < -0.39 is 0 Å². The second kappa shape index (κ2) is 7.38. The van der Waals surface area contributed by atoms with Crippen LogP contribution in [0.5, 0.6) is 0 Å². The third kappa shape index (κ3) is 4.59. The largest absolute Gasteiger partial charge is 0.372 e. The van der Waals surface area contributed by atoms with Crippen LogP contribution in [0, 0.1) is 11.8 Å². The number of hydrogen-bond acceptors (Lipinski definition) is 2. The van der Waals surface area contributed by atoms with E-state index in [4.69, 9.17) is 10.5 Å². The SMILES string of the molecule is NCC#Cc1ccc(COCc2ccccc2)cc1. The predicted molar refractivity (Wildman–Crippen MR) is 77.3 cm³/mol. The first-order valence-electron chi connectivity index (χ1n) is 6.28. The van der Waals surface area contributed by atoms with Crippen LogP contribution in [0.4, 0.5) is 0 Å². The summed E-state index contributed by atoms with van der Waals surface area (Å²) in [4.78, 5) is 0. The molecular weight excluding hydrogens is 234 g/mol. The van der Waals surface area contributed by atoms with Gasteiger partial charge in [-0.2, -0.15) is 0 Å². The Morgan fingerprint density at radius 1 is 0.842 bits per heavy atom. The van der Waals surface area contributed by atoms with Gasteiger partial charge in [0.2, 0.25) is 0 Å². The van der Waals surface area contributed by atoms with Gasteiger partial charge in [0.05, 0.1) is 19.8 Å². The maximum Gasteiger partial charge on any atom is 0.0721 e. The Hall–Kier alpha value is -2.08. The zero-order chi connectivity index (χ0) is 13.3. The second-order valence-electron chi connectivity index (χ2n) is 4.18. The van der Waals surface area contributed by atoms with E-state index >= 15 is 0 Å². The van der Waals surface area contributed by atoms with Crippen molar-refractivity contribution in [1.29, 1.82) is 0 Å². The Balaban J connectivity index is 1.83. The highest BCUT2D eigenvalue weighted by atomic mass is 16.5. The summed E-state index contributed by atoms with van der Waals surface area (Å²) >= 11 is 0. The topological polar surface area (TPSA) is 35.2 Å². The fourth-order valence-corrected chi connectivity index (χ4v) is 1.70. The summed E-state index contributed by atoms with van der Waals surface area (Å²) in [6.07, 6.45) is 0. The highest BCUT2D eigenvalue weighted by Gasteiger charge is 1.95.